The molecule has 3 heterocycles. The van der Waals surface area contributed by atoms with Crippen molar-refractivity contribution in [1.82, 2.24) is 9.97 Å². The Kier molecular flexibility index (Phi) is 5.87. The number of aromatic nitrogens is 2. The second-order valence-electron chi connectivity index (χ2n) is 8.90. The van der Waals surface area contributed by atoms with Crippen LogP contribution in [0.2, 0.25) is 0 Å². The number of nitrogens with zero attached hydrogens (tertiary/aromatic N) is 2. The van der Waals surface area contributed by atoms with E-state index in [0.717, 1.165) is 16.7 Å². The van der Waals surface area contributed by atoms with Crippen LogP contribution >= 0.6 is 0 Å². The lowest BCUT2D eigenvalue weighted by atomic mass is 9.79. The van der Waals surface area contributed by atoms with Crippen molar-refractivity contribution >= 4 is 17.7 Å². The molecule has 0 fully saturated rings. The average molecular weight is 472 g/mol. The molecule has 1 aromatic heterocycles. The van der Waals surface area contributed by atoms with Crippen LogP contribution in [0.25, 0.3) is 0 Å². The first-order valence-corrected chi connectivity index (χ1v) is 11.5. The van der Waals surface area contributed by atoms with Gasteiger partial charge in [0.2, 0.25) is 11.9 Å². The molecular formula is C26H25N5O4. The Morgan fingerprint density at radius 3 is 2.57 bits per heavy atom. The second-order valence-corrected chi connectivity index (χ2v) is 8.90. The van der Waals surface area contributed by atoms with Gasteiger partial charge in [0.05, 0.1) is 11.6 Å². The number of aromatic amines is 1. The van der Waals surface area contributed by atoms with Crippen molar-refractivity contribution < 1.29 is 14.3 Å². The number of anilines is 2. The molecule has 2 aromatic carbocycles. The molecule has 2 aliphatic heterocycles. The van der Waals surface area contributed by atoms with Gasteiger partial charge in [-0.15, -0.1) is 0 Å². The lowest BCUT2D eigenvalue weighted by molar-refractivity contribution is -0.119. The molecule has 178 valence electrons. The van der Waals surface area contributed by atoms with E-state index in [4.69, 9.17) is 9.47 Å². The van der Waals surface area contributed by atoms with Crippen LogP contribution in [0.15, 0.2) is 47.3 Å². The van der Waals surface area contributed by atoms with Gasteiger partial charge in [-0.3, -0.25) is 14.6 Å². The maximum Gasteiger partial charge on any atom is 0.258 e. The first-order chi connectivity index (χ1) is 16.9. The molecule has 9 heteroatoms. The van der Waals surface area contributed by atoms with E-state index in [2.05, 4.69) is 40.5 Å². The normalized spacial score (nSPS) is 18.4. The molecule has 3 aromatic rings. The number of carbonyl (C=O) groups excluding carboxylic acids is 1. The Balaban J connectivity index is 1.44. The smallest absolute Gasteiger partial charge is 0.258 e. The number of carbonyl (C=O) groups is 1. The molecule has 0 saturated carbocycles. The number of nitriles is 1. The molecule has 0 bridgehead atoms. The minimum Gasteiger partial charge on any atom is -0.486 e. The summed E-state index contributed by atoms with van der Waals surface area (Å²) < 4.78 is 11.2. The van der Waals surface area contributed by atoms with E-state index in [9.17, 15) is 14.9 Å². The van der Waals surface area contributed by atoms with Crippen LogP contribution in [0.3, 0.4) is 0 Å². The number of H-pyrrole nitrogens is 1. The minimum absolute atomic E-state index is 0.160. The van der Waals surface area contributed by atoms with Gasteiger partial charge < -0.3 is 20.1 Å². The largest absolute Gasteiger partial charge is 0.486 e. The van der Waals surface area contributed by atoms with Gasteiger partial charge in [-0.1, -0.05) is 44.2 Å². The van der Waals surface area contributed by atoms with E-state index in [1.54, 1.807) is 0 Å². The van der Waals surface area contributed by atoms with E-state index in [1.165, 1.54) is 0 Å². The number of ether oxygens (including phenoxy) is 2. The molecular weight excluding hydrogens is 446 g/mol. The highest BCUT2D eigenvalue weighted by molar-refractivity contribution is 5.97. The number of amides is 1. The van der Waals surface area contributed by atoms with Crippen LogP contribution in [-0.4, -0.2) is 29.1 Å². The number of hydrogen-bond acceptors (Lipinski definition) is 7. The first-order valence-electron chi connectivity index (χ1n) is 11.5. The number of nitrogens with one attached hydrogen (secondary N) is 3. The van der Waals surface area contributed by atoms with E-state index < -0.39 is 23.3 Å². The first kappa shape index (κ1) is 22.5. The summed E-state index contributed by atoms with van der Waals surface area (Å²) in [6.45, 7) is 5.56. The van der Waals surface area contributed by atoms with Crippen LogP contribution in [0.1, 0.15) is 47.9 Å². The monoisotopic (exact) mass is 471 g/mol. The van der Waals surface area contributed by atoms with Gasteiger partial charge in [-0.2, -0.15) is 10.2 Å². The molecule has 0 spiro atoms. The van der Waals surface area contributed by atoms with Crippen LogP contribution in [0.5, 0.6) is 11.5 Å². The lowest BCUT2D eigenvalue weighted by Crippen LogP contribution is -2.38. The summed E-state index contributed by atoms with van der Waals surface area (Å²) >= 11 is 0. The van der Waals surface area contributed by atoms with Crippen molar-refractivity contribution in [1.29, 1.82) is 5.26 Å². The van der Waals surface area contributed by atoms with E-state index in [-0.39, 0.29) is 17.3 Å². The Morgan fingerprint density at radius 1 is 1.11 bits per heavy atom. The Morgan fingerprint density at radius 2 is 1.86 bits per heavy atom. The van der Waals surface area contributed by atoms with Crippen molar-refractivity contribution in [2.24, 2.45) is 5.92 Å². The van der Waals surface area contributed by atoms with Gasteiger partial charge in [0, 0.05) is 12.5 Å². The zero-order chi connectivity index (χ0) is 24.5. The Labute approximate surface area is 202 Å². The predicted octanol–water partition coefficient (Wildman–Crippen LogP) is 3.50. The molecule has 0 aliphatic carbocycles. The third kappa shape index (κ3) is 4.30. The molecule has 35 heavy (non-hydrogen) atoms. The van der Waals surface area contributed by atoms with Gasteiger partial charge in [0.25, 0.3) is 5.56 Å². The summed E-state index contributed by atoms with van der Waals surface area (Å²) in [6.07, 6.45) is 0. The summed E-state index contributed by atoms with van der Waals surface area (Å²) in [5, 5.41) is 15.5. The summed E-state index contributed by atoms with van der Waals surface area (Å²) in [4.78, 5) is 33.2. The topological polar surface area (TPSA) is 129 Å². The fourth-order valence-electron chi connectivity index (χ4n) is 4.43. The summed E-state index contributed by atoms with van der Waals surface area (Å²) in [5.74, 6) is -0.147. The van der Waals surface area contributed by atoms with E-state index in [1.807, 2.05) is 42.5 Å². The van der Waals surface area contributed by atoms with Crippen LogP contribution in [-0.2, 0) is 11.3 Å². The zero-order valence-electron chi connectivity index (χ0n) is 19.4. The van der Waals surface area contributed by atoms with Crippen LogP contribution in [0, 0.1) is 17.2 Å². The molecule has 1 amide bonds. The molecule has 2 unspecified atom stereocenters. The maximum atomic E-state index is 13.2. The zero-order valence-corrected chi connectivity index (χ0v) is 19.4. The highest BCUT2D eigenvalue weighted by Gasteiger charge is 2.40. The third-order valence-electron chi connectivity index (χ3n) is 6.29. The predicted molar refractivity (Wildman–Crippen MR) is 130 cm³/mol. The highest BCUT2D eigenvalue weighted by Crippen LogP contribution is 2.38. The summed E-state index contributed by atoms with van der Waals surface area (Å²) in [5.41, 5.74) is 2.64. The van der Waals surface area contributed by atoms with Crippen molar-refractivity contribution in [3.63, 3.8) is 0 Å². The van der Waals surface area contributed by atoms with Gasteiger partial charge >= 0.3 is 0 Å². The summed E-state index contributed by atoms with van der Waals surface area (Å²) in [7, 11) is 0. The minimum atomic E-state index is -1.04. The molecule has 2 aliphatic rings. The van der Waals surface area contributed by atoms with Gasteiger partial charge in [0.1, 0.15) is 24.9 Å². The van der Waals surface area contributed by atoms with Gasteiger partial charge in [0.15, 0.2) is 11.5 Å². The lowest BCUT2D eigenvalue weighted by Gasteiger charge is -2.28. The van der Waals surface area contributed by atoms with Crippen molar-refractivity contribution in [3.8, 4) is 17.6 Å². The van der Waals surface area contributed by atoms with E-state index >= 15 is 0 Å². The molecule has 2 atom stereocenters. The quantitative estimate of drug-likeness (QED) is 0.519. The SMILES string of the molecule is CC(C)c1ccc(C2c3c(nc(NCc4ccc5c(c4)OCCO5)[nH]c3=O)NC(=O)C2C#N)cc1. The van der Waals surface area contributed by atoms with Crippen molar-refractivity contribution in [2.45, 2.75) is 32.2 Å². The van der Waals surface area contributed by atoms with Crippen LogP contribution in [0.4, 0.5) is 11.8 Å². The fourth-order valence-corrected chi connectivity index (χ4v) is 4.43. The molecule has 3 N–H and O–H groups in total. The average Bonchev–Trinajstić information content (AvgIpc) is 2.86. The molecule has 9 nitrogen and oxygen atoms in total. The van der Waals surface area contributed by atoms with Gasteiger partial charge in [-0.05, 0) is 34.7 Å². The van der Waals surface area contributed by atoms with Crippen LogP contribution < -0.4 is 25.7 Å². The number of hydrogen-bond donors (Lipinski definition) is 3. The number of fused-ring (bicyclic) bond motifs is 2. The molecule has 5 rings (SSSR count). The Hall–Kier alpha value is -4.32. The fraction of sp³-hybridized carbons (Fsp3) is 0.308. The molecule has 0 radical (unpaired) electrons. The van der Waals surface area contributed by atoms with Crippen molar-refractivity contribution in [3.05, 3.63) is 75.1 Å². The van der Waals surface area contributed by atoms with Gasteiger partial charge in [-0.25, -0.2) is 0 Å². The number of benzene rings is 2. The third-order valence-corrected chi connectivity index (χ3v) is 6.29. The molecule has 0 saturated heterocycles. The van der Waals surface area contributed by atoms with E-state index in [0.29, 0.717) is 37.2 Å². The maximum absolute atomic E-state index is 13.2. The van der Waals surface area contributed by atoms with Crippen molar-refractivity contribution in [2.75, 3.05) is 23.8 Å². The highest BCUT2D eigenvalue weighted by atomic mass is 16.6. The Bertz CT molecular complexity index is 1370. The second kappa shape index (κ2) is 9.14. The summed E-state index contributed by atoms with van der Waals surface area (Å²) in [6, 6.07) is 15.3. The standard InChI is InChI=1S/C26H25N5O4/c1-14(2)16-4-6-17(7-5-16)21-18(12-27)24(32)29-23-22(21)25(33)31-26(30-23)28-13-15-3-8-19-20(11-15)35-10-9-34-19/h3-8,11,14,18,21H,9-10,13H2,1-2H3,(H3,28,29,30,31,32,33). The number of rotatable bonds is 5.